The van der Waals surface area contributed by atoms with Gasteiger partial charge in [-0.15, -0.1) is 0 Å². The molecular weight excluding hydrogens is 544 g/mol. The lowest BCUT2D eigenvalue weighted by Gasteiger charge is -2.15. The van der Waals surface area contributed by atoms with Crippen LogP contribution in [0.25, 0.3) is 22.2 Å². The zero-order valence-electron chi connectivity index (χ0n) is 21.5. The maximum Gasteiger partial charge on any atom is 0.326 e. The largest absolute Gasteiger partial charge is 0.480 e. The first-order valence-electron chi connectivity index (χ1n) is 12.5. The molecule has 208 valence electrons. The van der Waals surface area contributed by atoms with Crippen molar-refractivity contribution in [2.45, 2.75) is 17.4 Å². The van der Waals surface area contributed by atoms with Crippen LogP contribution in [0, 0.1) is 0 Å². The summed E-state index contributed by atoms with van der Waals surface area (Å²) in [4.78, 5) is 31.6. The van der Waals surface area contributed by atoms with E-state index in [9.17, 15) is 23.1 Å². The van der Waals surface area contributed by atoms with Crippen LogP contribution in [-0.4, -0.2) is 41.5 Å². The van der Waals surface area contributed by atoms with Crippen molar-refractivity contribution >= 4 is 50.4 Å². The molecule has 1 aromatic heterocycles. The highest BCUT2D eigenvalue weighted by Gasteiger charge is 2.25. The topological polar surface area (TPSA) is 179 Å². The number of sulfonamides is 1. The summed E-state index contributed by atoms with van der Waals surface area (Å²) in [6.07, 6.45) is -0.0450. The van der Waals surface area contributed by atoms with Gasteiger partial charge in [-0.2, -0.15) is 4.72 Å². The molecule has 1 atom stereocenters. The van der Waals surface area contributed by atoms with Gasteiger partial charge in [-0.25, -0.2) is 18.2 Å². The van der Waals surface area contributed by atoms with Crippen LogP contribution in [0.3, 0.4) is 0 Å². The van der Waals surface area contributed by atoms with Crippen molar-refractivity contribution in [3.05, 3.63) is 103 Å². The highest BCUT2D eigenvalue weighted by atomic mass is 32.2. The van der Waals surface area contributed by atoms with Crippen LogP contribution in [0.15, 0.2) is 102 Å². The molecule has 41 heavy (non-hydrogen) atoms. The van der Waals surface area contributed by atoms with Gasteiger partial charge in [-0.3, -0.25) is 10.1 Å². The van der Waals surface area contributed by atoms with E-state index in [1.165, 1.54) is 12.1 Å². The van der Waals surface area contributed by atoms with Gasteiger partial charge in [0.25, 0.3) is 0 Å². The summed E-state index contributed by atoms with van der Waals surface area (Å²) in [5.41, 5.74) is 10.3. The first-order valence-corrected chi connectivity index (χ1v) is 14.0. The molecular formula is C29H26N6O5S. The van der Waals surface area contributed by atoms with Gasteiger partial charge in [0.2, 0.25) is 16.0 Å². The molecule has 0 aliphatic rings. The molecule has 0 aliphatic carbocycles. The lowest BCUT2D eigenvalue weighted by Crippen LogP contribution is -2.42. The zero-order chi connectivity index (χ0) is 29.0. The van der Waals surface area contributed by atoms with Crippen molar-refractivity contribution in [2.24, 2.45) is 0 Å². The number of hydrogen-bond acceptors (Lipinski definition) is 6. The number of aliphatic carboxylic acids is 1. The highest BCUT2D eigenvalue weighted by molar-refractivity contribution is 7.89. The van der Waals surface area contributed by atoms with Gasteiger partial charge in [0.1, 0.15) is 6.04 Å². The molecule has 0 saturated heterocycles. The van der Waals surface area contributed by atoms with E-state index in [-0.39, 0.29) is 11.3 Å². The average Bonchev–Trinajstić information content (AvgIpc) is 3.36. The summed E-state index contributed by atoms with van der Waals surface area (Å²) in [5.74, 6) is -0.987. The maximum absolute atomic E-state index is 13.0. The van der Waals surface area contributed by atoms with Gasteiger partial charge >= 0.3 is 12.0 Å². The molecule has 0 fully saturated rings. The third kappa shape index (κ3) is 6.69. The second kappa shape index (κ2) is 11.5. The second-order valence-electron chi connectivity index (χ2n) is 9.24. The van der Waals surface area contributed by atoms with Gasteiger partial charge < -0.3 is 21.1 Å². The summed E-state index contributed by atoms with van der Waals surface area (Å²) in [6, 6.07) is 25.2. The Balaban J connectivity index is 1.25. The van der Waals surface area contributed by atoms with Crippen molar-refractivity contribution in [2.75, 3.05) is 16.4 Å². The SMILES string of the molecule is Nc1ccc(CC(NS(=O)(=O)c2ccc(-c3cccc(NC(=O)Nc4nc5ccccc5[nH]4)c3)cc2)C(=O)O)cc1. The van der Waals surface area contributed by atoms with Crippen LogP contribution in [0.2, 0.25) is 0 Å². The monoisotopic (exact) mass is 570 g/mol. The number of carboxylic acid groups (broad SMARTS) is 1. The number of nitrogen functional groups attached to an aromatic ring is 1. The van der Waals surface area contributed by atoms with Crippen molar-refractivity contribution in [3.63, 3.8) is 0 Å². The first-order chi connectivity index (χ1) is 19.7. The van der Waals surface area contributed by atoms with Gasteiger partial charge in [-0.05, 0) is 71.6 Å². The number of aromatic nitrogens is 2. The van der Waals surface area contributed by atoms with Crippen molar-refractivity contribution in [3.8, 4) is 11.1 Å². The smallest absolute Gasteiger partial charge is 0.326 e. The molecule has 4 aromatic carbocycles. The van der Waals surface area contributed by atoms with Crippen LogP contribution in [0.1, 0.15) is 5.56 Å². The van der Waals surface area contributed by atoms with Crippen LogP contribution in [-0.2, 0) is 21.2 Å². The van der Waals surface area contributed by atoms with E-state index in [2.05, 4.69) is 25.3 Å². The number of aromatic amines is 1. The molecule has 12 heteroatoms. The Labute approximate surface area is 235 Å². The number of carbonyl (C=O) groups is 2. The Morgan fingerprint density at radius 2 is 1.61 bits per heavy atom. The molecule has 0 aliphatic heterocycles. The quantitative estimate of drug-likeness (QED) is 0.142. The fourth-order valence-corrected chi connectivity index (χ4v) is 5.40. The fourth-order valence-electron chi connectivity index (χ4n) is 4.21. The number of imidazole rings is 1. The number of benzene rings is 4. The number of rotatable bonds is 9. The predicted octanol–water partition coefficient (Wildman–Crippen LogP) is 4.43. The van der Waals surface area contributed by atoms with E-state index in [0.717, 1.165) is 16.6 Å². The number of nitrogens with zero attached hydrogens (tertiary/aromatic N) is 1. The third-order valence-corrected chi connectivity index (χ3v) is 7.74. The van der Waals surface area contributed by atoms with Crippen molar-refractivity contribution in [1.29, 1.82) is 0 Å². The summed E-state index contributed by atoms with van der Waals surface area (Å²) < 4.78 is 28.2. The van der Waals surface area contributed by atoms with Crippen LogP contribution in [0.4, 0.5) is 22.1 Å². The number of urea groups is 1. The number of anilines is 3. The number of carbonyl (C=O) groups excluding carboxylic acids is 1. The molecule has 0 bridgehead atoms. The van der Waals surface area contributed by atoms with Crippen molar-refractivity contribution in [1.82, 2.24) is 14.7 Å². The van der Waals surface area contributed by atoms with E-state index in [1.54, 1.807) is 54.6 Å². The number of amides is 2. The number of hydrogen-bond donors (Lipinski definition) is 6. The molecule has 1 heterocycles. The minimum Gasteiger partial charge on any atom is -0.480 e. The highest BCUT2D eigenvalue weighted by Crippen LogP contribution is 2.25. The Kier molecular flexibility index (Phi) is 7.68. The van der Waals surface area contributed by atoms with E-state index in [1.807, 2.05) is 30.3 Å². The maximum atomic E-state index is 13.0. The molecule has 7 N–H and O–H groups in total. The minimum atomic E-state index is -4.13. The molecule has 5 rings (SSSR count). The number of nitrogens with two attached hydrogens (primary N) is 1. The number of carboxylic acids is 1. The average molecular weight is 571 g/mol. The standard InChI is InChI=1S/C29H26N6O5S/c30-21-12-8-18(9-13-21)16-26(27(36)37)35-41(39,40)23-14-10-19(11-15-23)20-4-3-5-22(17-20)31-29(38)34-28-32-24-6-1-2-7-25(24)33-28/h1-15,17,26,35H,16,30H2,(H,36,37)(H3,31,32,33,34,38). The zero-order valence-corrected chi connectivity index (χ0v) is 22.4. The lowest BCUT2D eigenvalue weighted by molar-refractivity contribution is -0.138. The molecule has 0 saturated carbocycles. The van der Waals surface area contributed by atoms with E-state index in [4.69, 9.17) is 5.73 Å². The second-order valence-corrected chi connectivity index (χ2v) is 11.0. The third-order valence-electron chi connectivity index (χ3n) is 6.25. The summed E-state index contributed by atoms with van der Waals surface area (Å²) in [6.45, 7) is 0. The number of fused-ring (bicyclic) bond motifs is 1. The Bertz CT molecular complexity index is 1790. The van der Waals surface area contributed by atoms with Gasteiger partial charge in [0.05, 0.1) is 15.9 Å². The van der Waals surface area contributed by atoms with Crippen LogP contribution < -0.4 is 21.1 Å². The lowest BCUT2D eigenvalue weighted by atomic mass is 10.1. The molecule has 2 amide bonds. The minimum absolute atomic E-state index is 0.0450. The van der Waals surface area contributed by atoms with E-state index >= 15 is 0 Å². The molecule has 5 aromatic rings. The molecule has 11 nitrogen and oxygen atoms in total. The van der Waals surface area contributed by atoms with Gasteiger partial charge in [0.15, 0.2) is 0 Å². The Morgan fingerprint density at radius 3 is 2.32 bits per heavy atom. The summed E-state index contributed by atoms with van der Waals surface area (Å²) in [7, 11) is -4.13. The summed E-state index contributed by atoms with van der Waals surface area (Å²) in [5, 5.41) is 15.0. The van der Waals surface area contributed by atoms with Crippen LogP contribution >= 0.6 is 0 Å². The first kappa shape index (κ1) is 27.4. The van der Waals surface area contributed by atoms with Crippen molar-refractivity contribution < 1.29 is 23.1 Å². The molecule has 0 radical (unpaired) electrons. The normalized spacial score (nSPS) is 12.1. The van der Waals surface area contributed by atoms with Crippen LogP contribution in [0.5, 0.6) is 0 Å². The molecule has 0 spiro atoms. The number of H-pyrrole nitrogens is 1. The fraction of sp³-hybridized carbons (Fsp3) is 0.0690. The Hall–Kier alpha value is -5.20. The van der Waals surface area contributed by atoms with Gasteiger partial charge in [-0.1, -0.05) is 48.5 Å². The molecule has 1 unspecified atom stereocenters. The van der Waals surface area contributed by atoms with E-state index in [0.29, 0.717) is 28.5 Å². The predicted molar refractivity (Wildman–Crippen MR) is 157 cm³/mol. The van der Waals surface area contributed by atoms with Gasteiger partial charge in [0, 0.05) is 11.4 Å². The van der Waals surface area contributed by atoms with E-state index < -0.39 is 28.1 Å². The number of para-hydroxylation sites is 2. The summed E-state index contributed by atoms with van der Waals surface area (Å²) >= 11 is 0. The number of nitrogens with one attached hydrogen (secondary N) is 4. The Morgan fingerprint density at radius 1 is 0.878 bits per heavy atom.